The molecule has 4 heteroatoms. The van der Waals surface area contributed by atoms with Crippen molar-refractivity contribution in [3.8, 4) is 11.4 Å². The highest BCUT2D eigenvalue weighted by Gasteiger charge is 2.10. The number of aryl methyl sites for hydroxylation is 1. The quantitative estimate of drug-likeness (QED) is 0.493. The van der Waals surface area contributed by atoms with Crippen molar-refractivity contribution < 1.29 is 0 Å². The molecule has 3 aromatic rings. The Morgan fingerprint density at radius 2 is 1.81 bits per heavy atom. The average molecular weight is 380 g/mol. The number of nitrogens with one attached hydrogen (secondary N) is 1. The van der Waals surface area contributed by atoms with Gasteiger partial charge in [0.15, 0.2) is 5.82 Å². The number of benzene rings is 2. The van der Waals surface area contributed by atoms with Crippen molar-refractivity contribution in [3.05, 3.63) is 77.4 Å². The van der Waals surface area contributed by atoms with Crippen molar-refractivity contribution in [2.75, 3.05) is 11.9 Å². The van der Waals surface area contributed by atoms with E-state index in [-0.39, 0.29) is 0 Å². The molecule has 1 heterocycles. The van der Waals surface area contributed by atoms with Gasteiger partial charge in [-0.3, -0.25) is 0 Å². The van der Waals surface area contributed by atoms with Crippen molar-refractivity contribution in [1.82, 2.24) is 9.97 Å². The normalized spacial score (nSPS) is 10.9. The first-order chi connectivity index (χ1) is 13.1. The summed E-state index contributed by atoms with van der Waals surface area (Å²) in [5.41, 5.74) is 4.11. The molecule has 3 nitrogen and oxygen atoms in total. The van der Waals surface area contributed by atoms with Crippen LogP contribution < -0.4 is 5.32 Å². The molecule has 0 aliphatic rings. The third-order valence-corrected chi connectivity index (χ3v) is 4.30. The van der Waals surface area contributed by atoms with E-state index < -0.39 is 0 Å². The second-order valence-corrected chi connectivity index (χ2v) is 6.28. The first kappa shape index (κ1) is 20.7. The number of hydrogen-bond donors (Lipinski definition) is 1. The second kappa shape index (κ2) is 9.89. The Bertz CT molecular complexity index is 944. The first-order valence-electron chi connectivity index (χ1n) is 9.16. The van der Waals surface area contributed by atoms with Crippen molar-refractivity contribution in [2.24, 2.45) is 0 Å². The molecule has 0 saturated carbocycles. The molecule has 0 spiro atoms. The lowest BCUT2D eigenvalue weighted by Gasteiger charge is -2.12. The molecule has 140 valence electrons. The van der Waals surface area contributed by atoms with Crippen LogP contribution in [0.15, 0.2) is 66.8 Å². The van der Waals surface area contributed by atoms with Gasteiger partial charge in [0, 0.05) is 22.5 Å². The van der Waals surface area contributed by atoms with Crippen LogP contribution in [0.5, 0.6) is 0 Å². The van der Waals surface area contributed by atoms with Gasteiger partial charge in [-0.15, -0.1) is 0 Å². The predicted octanol–water partition coefficient (Wildman–Crippen LogP) is 6.83. The smallest absolute Gasteiger partial charge is 0.162 e. The van der Waals surface area contributed by atoms with Crippen LogP contribution in [0.25, 0.3) is 22.3 Å². The summed E-state index contributed by atoms with van der Waals surface area (Å²) < 4.78 is 0. The summed E-state index contributed by atoms with van der Waals surface area (Å²) >= 11 is 6.16. The SMILES string of the molecule is C=C/C(=C\C)CNc1nc(-c2ccc(C)cc2)nc2cc(Cl)ccc12.CC. The third-order valence-electron chi connectivity index (χ3n) is 4.06. The van der Waals surface area contributed by atoms with E-state index in [9.17, 15) is 0 Å². The number of halogens is 1. The lowest BCUT2D eigenvalue weighted by Crippen LogP contribution is -2.07. The summed E-state index contributed by atoms with van der Waals surface area (Å²) in [5, 5.41) is 5.00. The number of anilines is 1. The van der Waals surface area contributed by atoms with Crippen molar-refractivity contribution in [2.45, 2.75) is 27.7 Å². The van der Waals surface area contributed by atoms with Crippen LogP contribution >= 0.6 is 11.6 Å². The zero-order valence-electron chi connectivity index (χ0n) is 16.4. The van der Waals surface area contributed by atoms with Gasteiger partial charge in [0.2, 0.25) is 0 Å². The average Bonchev–Trinajstić information content (AvgIpc) is 2.70. The van der Waals surface area contributed by atoms with Crippen molar-refractivity contribution >= 4 is 28.3 Å². The summed E-state index contributed by atoms with van der Waals surface area (Å²) in [7, 11) is 0. The third kappa shape index (κ3) is 5.18. The number of hydrogen-bond acceptors (Lipinski definition) is 3. The van der Waals surface area contributed by atoms with Gasteiger partial charge in [0.25, 0.3) is 0 Å². The summed E-state index contributed by atoms with van der Waals surface area (Å²) in [5.74, 6) is 1.47. The fourth-order valence-electron chi connectivity index (χ4n) is 2.55. The van der Waals surface area contributed by atoms with Crippen LogP contribution in [0.1, 0.15) is 26.3 Å². The highest BCUT2D eigenvalue weighted by molar-refractivity contribution is 6.31. The Kier molecular flexibility index (Phi) is 7.56. The van der Waals surface area contributed by atoms with Crippen molar-refractivity contribution in [3.63, 3.8) is 0 Å². The maximum absolute atomic E-state index is 6.16. The lowest BCUT2D eigenvalue weighted by atomic mass is 10.1. The molecule has 2 aromatic carbocycles. The van der Waals surface area contributed by atoms with Gasteiger partial charge in [0.1, 0.15) is 5.82 Å². The fraction of sp³-hybridized carbons (Fsp3) is 0.217. The minimum atomic E-state index is 0.655. The summed E-state index contributed by atoms with van der Waals surface area (Å²) in [6, 6.07) is 13.9. The summed E-state index contributed by atoms with van der Waals surface area (Å²) in [4.78, 5) is 9.44. The monoisotopic (exact) mass is 379 g/mol. The zero-order valence-corrected chi connectivity index (χ0v) is 17.1. The Balaban J connectivity index is 0.00000126. The van der Waals surface area contributed by atoms with Gasteiger partial charge >= 0.3 is 0 Å². The molecular weight excluding hydrogens is 354 g/mol. The number of rotatable bonds is 5. The molecule has 0 radical (unpaired) electrons. The Labute approximate surface area is 166 Å². The molecule has 0 amide bonds. The topological polar surface area (TPSA) is 37.8 Å². The van der Waals surface area contributed by atoms with Crippen LogP contribution in [-0.2, 0) is 0 Å². The first-order valence-corrected chi connectivity index (χ1v) is 9.54. The van der Waals surface area contributed by atoms with E-state index in [1.165, 1.54) is 5.56 Å². The highest BCUT2D eigenvalue weighted by Crippen LogP contribution is 2.27. The molecule has 3 rings (SSSR count). The number of aromatic nitrogens is 2. The highest BCUT2D eigenvalue weighted by atomic mass is 35.5. The lowest BCUT2D eigenvalue weighted by molar-refractivity contribution is 1.17. The molecule has 27 heavy (non-hydrogen) atoms. The van der Waals surface area contributed by atoms with E-state index in [0.717, 1.165) is 27.9 Å². The second-order valence-electron chi connectivity index (χ2n) is 5.84. The van der Waals surface area contributed by atoms with Crippen LogP contribution in [-0.4, -0.2) is 16.5 Å². The molecule has 0 unspecified atom stereocenters. The van der Waals surface area contributed by atoms with Crippen LogP contribution in [0, 0.1) is 6.92 Å². The zero-order chi connectivity index (χ0) is 19.8. The van der Waals surface area contributed by atoms with Crippen LogP contribution in [0.2, 0.25) is 5.02 Å². The number of fused-ring (bicyclic) bond motifs is 1. The molecule has 0 aliphatic heterocycles. The van der Waals surface area contributed by atoms with Gasteiger partial charge in [-0.05, 0) is 37.6 Å². The largest absolute Gasteiger partial charge is 0.365 e. The number of nitrogens with zero attached hydrogens (tertiary/aromatic N) is 2. The summed E-state index contributed by atoms with van der Waals surface area (Å²) in [6.45, 7) is 12.5. The molecule has 1 N–H and O–H groups in total. The molecule has 0 aliphatic carbocycles. The standard InChI is InChI=1S/C21H20ClN3.C2H6/c1-4-15(5-2)13-23-21-18-11-10-17(22)12-19(18)24-20(25-21)16-8-6-14(3)7-9-16;1-2/h4-12H,1,13H2,2-3H3,(H,23,24,25);1-2H3/b15-5+;. The van der Waals surface area contributed by atoms with Gasteiger partial charge in [-0.2, -0.15) is 0 Å². The van der Waals surface area contributed by atoms with E-state index in [0.29, 0.717) is 17.4 Å². The molecule has 1 aromatic heterocycles. The van der Waals surface area contributed by atoms with Crippen LogP contribution in [0.4, 0.5) is 5.82 Å². The van der Waals surface area contributed by atoms with Gasteiger partial charge < -0.3 is 5.32 Å². The molecule has 0 saturated heterocycles. The molecular formula is C23H26ClN3. The Hall–Kier alpha value is -2.65. The van der Waals surface area contributed by atoms with E-state index in [4.69, 9.17) is 21.6 Å². The van der Waals surface area contributed by atoms with Crippen LogP contribution in [0.3, 0.4) is 0 Å². The van der Waals surface area contributed by atoms with E-state index in [1.54, 1.807) is 0 Å². The van der Waals surface area contributed by atoms with Crippen molar-refractivity contribution in [1.29, 1.82) is 0 Å². The van der Waals surface area contributed by atoms with E-state index >= 15 is 0 Å². The Morgan fingerprint density at radius 1 is 1.11 bits per heavy atom. The minimum Gasteiger partial charge on any atom is -0.365 e. The molecule has 0 atom stereocenters. The fourth-order valence-corrected chi connectivity index (χ4v) is 2.71. The van der Waals surface area contributed by atoms with Gasteiger partial charge in [-0.25, -0.2) is 9.97 Å². The summed E-state index contributed by atoms with van der Waals surface area (Å²) in [6.07, 6.45) is 3.87. The maximum atomic E-state index is 6.16. The molecule has 0 fully saturated rings. The molecule has 0 bridgehead atoms. The minimum absolute atomic E-state index is 0.655. The maximum Gasteiger partial charge on any atom is 0.162 e. The predicted molar refractivity (Wildman–Crippen MR) is 119 cm³/mol. The van der Waals surface area contributed by atoms with Gasteiger partial charge in [0.05, 0.1) is 5.52 Å². The number of allylic oxidation sites excluding steroid dienone is 1. The Morgan fingerprint density at radius 3 is 2.44 bits per heavy atom. The van der Waals surface area contributed by atoms with E-state index in [2.05, 4.69) is 31.0 Å². The van der Waals surface area contributed by atoms with Gasteiger partial charge in [-0.1, -0.05) is 74.0 Å². The van der Waals surface area contributed by atoms with E-state index in [1.807, 2.05) is 63.3 Å².